The van der Waals surface area contributed by atoms with Crippen molar-refractivity contribution in [2.24, 2.45) is 0 Å². The normalized spacial score (nSPS) is 10.2. The molecule has 0 aliphatic rings. The zero-order valence-corrected chi connectivity index (χ0v) is 7.85. The molecule has 13 heavy (non-hydrogen) atoms. The van der Waals surface area contributed by atoms with E-state index in [1.54, 1.807) is 11.6 Å². The SMILES string of the molecule is C#CCNS(=O)(=O)NC(=O)OCC. The molecule has 2 N–H and O–H groups in total. The predicted octanol–water partition coefficient (Wildman–Crippen LogP) is -0.800. The summed E-state index contributed by atoms with van der Waals surface area (Å²) in [7, 11) is -3.88. The minimum atomic E-state index is -3.88. The van der Waals surface area contributed by atoms with Crippen molar-refractivity contribution in [1.82, 2.24) is 9.44 Å². The summed E-state index contributed by atoms with van der Waals surface area (Å²) in [6, 6.07) is 0. The third kappa shape index (κ3) is 5.95. The first-order chi connectivity index (χ1) is 6.02. The minimum Gasteiger partial charge on any atom is -0.449 e. The number of amides is 1. The van der Waals surface area contributed by atoms with E-state index in [4.69, 9.17) is 6.42 Å². The molecule has 0 aliphatic heterocycles. The number of terminal acetylenes is 1. The largest absolute Gasteiger partial charge is 0.449 e. The van der Waals surface area contributed by atoms with Crippen molar-refractivity contribution in [2.45, 2.75) is 6.92 Å². The lowest BCUT2D eigenvalue weighted by atomic mass is 10.7. The molecule has 0 unspecified atom stereocenters. The van der Waals surface area contributed by atoms with E-state index in [2.05, 4.69) is 4.74 Å². The van der Waals surface area contributed by atoms with Gasteiger partial charge in [-0.3, -0.25) is 0 Å². The van der Waals surface area contributed by atoms with Gasteiger partial charge in [0.25, 0.3) is 0 Å². The summed E-state index contributed by atoms with van der Waals surface area (Å²) < 4.78 is 29.6. The molecule has 0 rings (SSSR count). The molecular weight excluding hydrogens is 196 g/mol. The van der Waals surface area contributed by atoms with Gasteiger partial charge in [0.1, 0.15) is 0 Å². The summed E-state index contributed by atoms with van der Waals surface area (Å²) in [5, 5.41) is 0. The van der Waals surface area contributed by atoms with Gasteiger partial charge < -0.3 is 4.74 Å². The van der Waals surface area contributed by atoms with Crippen molar-refractivity contribution in [3.63, 3.8) is 0 Å². The van der Waals surface area contributed by atoms with Crippen molar-refractivity contribution in [2.75, 3.05) is 13.2 Å². The highest BCUT2D eigenvalue weighted by Gasteiger charge is 2.12. The Kier molecular flexibility index (Phi) is 4.87. The molecule has 0 saturated carbocycles. The maximum atomic E-state index is 10.9. The zero-order chi connectivity index (χ0) is 10.3. The number of ether oxygens (including phenoxy) is 1. The topological polar surface area (TPSA) is 84.5 Å². The Morgan fingerprint density at radius 3 is 2.69 bits per heavy atom. The highest BCUT2D eigenvalue weighted by atomic mass is 32.2. The summed E-state index contributed by atoms with van der Waals surface area (Å²) in [5.74, 6) is 2.05. The van der Waals surface area contributed by atoms with Gasteiger partial charge in [-0.05, 0) is 6.92 Å². The monoisotopic (exact) mass is 206 g/mol. The first-order valence-corrected chi connectivity index (χ1v) is 4.87. The summed E-state index contributed by atoms with van der Waals surface area (Å²) in [6.07, 6.45) is 3.77. The molecule has 0 radical (unpaired) electrons. The number of carbonyl (C=O) groups excluding carboxylic acids is 1. The fourth-order valence-electron chi connectivity index (χ4n) is 0.443. The van der Waals surface area contributed by atoms with E-state index < -0.39 is 16.3 Å². The molecule has 0 aliphatic carbocycles. The smallest absolute Gasteiger partial charge is 0.421 e. The van der Waals surface area contributed by atoms with Gasteiger partial charge in [0, 0.05) is 0 Å². The second-order valence-electron chi connectivity index (χ2n) is 1.85. The number of rotatable bonds is 4. The quantitative estimate of drug-likeness (QED) is 0.590. The molecule has 0 heterocycles. The van der Waals surface area contributed by atoms with Crippen LogP contribution in [0.2, 0.25) is 0 Å². The maximum absolute atomic E-state index is 10.9. The summed E-state index contributed by atoms with van der Waals surface area (Å²) in [5.41, 5.74) is 0. The molecule has 74 valence electrons. The number of carbonyl (C=O) groups is 1. The highest BCUT2D eigenvalue weighted by molar-refractivity contribution is 7.88. The Labute approximate surface area is 76.8 Å². The minimum absolute atomic E-state index is 0.0937. The van der Waals surface area contributed by atoms with Gasteiger partial charge in [0.05, 0.1) is 13.2 Å². The van der Waals surface area contributed by atoms with Crippen molar-refractivity contribution in [1.29, 1.82) is 0 Å². The number of hydrogen-bond acceptors (Lipinski definition) is 4. The Hall–Kier alpha value is -1.26. The van der Waals surface area contributed by atoms with Gasteiger partial charge in [-0.1, -0.05) is 5.92 Å². The molecule has 0 spiro atoms. The highest BCUT2D eigenvalue weighted by Crippen LogP contribution is 1.81. The predicted molar refractivity (Wildman–Crippen MR) is 45.9 cm³/mol. The fraction of sp³-hybridized carbons (Fsp3) is 0.500. The van der Waals surface area contributed by atoms with E-state index in [0.29, 0.717) is 0 Å². The summed E-state index contributed by atoms with van der Waals surface area (Å²) in [6.45, 7) is 1.46. The van der Waals surface area contributed by atoms with Crippen LogP contribution in [0.3, 0.4) is 0 Å². The third-order valence-electron chi connectivity index (χ3n) is 0.857. The Morgan fingerprint density at radius 1 is 1.62 bits per heavy atom. The first kappa shape index (κ1) is 11.7. The Balaban J connectivity index is 4.04. The number of hydrogen-bond donors (Lipinski definition) is 2. The first-order valence-electron chi connectivity index (χ1n) is 3.39. The molecule has 7 heteroatoms. The van der Waals surface area contributed by atoms with Gasteiger partial charge in [0.2, 0.25) is 0 Å². The molecule has 6 nitrogen and oxygen atoms in total. The van der Waals surface area contributed by atoms with E-state index in [9.17, 15) is 13.2 Å². The second-order valence-corrected chi connectivity index (χ2v) is 3.35. The van der Waals surface area contributed by atoms with E-state index in [-0.39, 0.29) is 13.2 Å². The van der Waals surface area contributed by atoms with Crippen LogP contribution in [0.5, 0.6) is 0 Å². The van der Waals surface area contributed by atoms with E-state index >= 15 is 0 Å². The van der Waals surface area contributed by atoms with E-state index in [1.165, 1.54) is 0 Å². The molecular formula is C6H10N2O4S. The van der Waals surface area contributed by atoms with Crippen molar-refractivity contribution < 1.29 is 17.9 Å². The molecule has 1 amide bonds. The average Bonchev–Trinajstić information content (AvgIpc) is 2.00. The summed E-state index contributed by atoms with van der Waals surface area (Å²) in [4.78, 5) is 10.6. The van der Waals surface area contributed by atoms with Crippen molar-refractivity contribution >= 4 is 16.3 Å². The van der Waals surface area contributed by atoms with Crippen LogP contribution in [0, 0.1) is 12.3 Å². The molecule has 0 aromatic rings. The molecule has 0 fully saturated rings. The van der Waals surface area contributed by atoms with E-state index in [1.807, 2.05) is 10.6 Å². The lowest BCUT2D eigenvalue weighted by molar-refractivity contribution is 0.158. The van der Waals surface area contributed by atoms with Crippen molar-refractivity contribution in [3.8, 4) is 12.3 Å². The van der Waals surface area contributed by atoms with Gasteiger partial charge in [-0.25, -0.2) is 9.52 Å². The van der Waals surface area contributed by atoms with Crippen LogP contribution in [0.1, 0.15) is 6.92 Å². The van der Waals surface area contributed by atoms with Crippen LogP contribution in [0.15, 0.2) is 0 Å². The standard InChI is InChI=1S/C6H10N2O4S/c1-3-5-7-13(10,11)8-6(9)12-4-2/h1,7H,4-5H2,2H3,(H,8,9). The van der Waals surface area contributed by atoms with Crippen LogP contribution >= 0.6 is 0 Å². The lowest BCUT2D eigenvalue weighted by Crippen LogP contribution is -2.40. The van der Waals surface area contributed by atoms with Gasteiger partial charge in [0.15, 0.2) is 0 Å². The molecule has 0 atom stereocenters. The van der Waals surface area contributed by atoms with Crippen LogP contribution in [0.4, 0.5) is 4.79 Å². The average molecular weight is 206 g/mol. The Morgan fingerprint density at radius 2 is 2.23 bits per heavy atom. The zero-order valence-electron chi connectivity index (χ0n) is 7.03. The molecule has 0 aromatic heterocycles. The molecule has 0 bridgehead atoms. The van der Waals surface area contributed by atoms with Crippen LogP contribution < -0.4 is 9.44 Å². The molecule has 0 aromatic carbocycles. The third-order valence-corrected chi connectivity index (χ3v) is 1.82. The van der Waals surface area contributed by atoms with Gasteiger partial charge in [-0.15, -0.1) is 6.42 Å². The fourth-order valence-corrected chi connectivity index (χ4v) is 1.07. The Bertz CT molecular complexity index is 303. The second kappa shape index (κ2) is 5.40. The van der Waals surface area contributed by atoms with Gasteiger partial charge in [-0.2, -0.15) is 13.1 Å². The maximum Gasteiger partial charge on any atom is 0.421 e. The van der Waals surface area contributed by atoms with E-state index in [0.717, 1.165) is 0 Å². The van der Waals surface area contributed by atoms with Gasteiger partial charge >= 0.3 is 16.3 Å². The summed E-state index contributed by atoms with van der Waals surface area (Å²) >= 11 is 0. The molecule has 0 saturated heterocycles. The van der Waals surface area contributed by atoms with Crippen LogP contribution in [-0.2, 0) is 14.9 Å². The van der Waals surface area contributed by atoms with Crippen LogP contribution in [-0.4, -0.2) is 27.7 Å². The lowest BCUT2D eigenvalue weighted by Gasteiger charge is -2.05. The van der Waals surface area contributed by atoms with Crippen molar-refractivity contribution in [3.05, 3.63) is 0 Å². The van der Waals surface area contributed by atoms with Crippen LogP contribution in [0.25, 0.3) is 0 Å². The number of nitrogens with one attached hydrogen (secondary N) is 2.